The van der Waals surface area contributed by atoms with E-state index in [-0.39, 0.29) is 12.1 Å². The Morgan fingerprint density at radius 2 is 1.92 bits per heavy atom. The van der Waals surface area contributed by atoms with E-state index < -0.39 is 11.3 Å². The van der Waals surface area contributed by atoms with Crippen molar-refractivity contribution in [1.29, 1.82) is 0 Å². The first kappa shape index (κ1) is 20.5. The lowest BCUT2D eigenvalue weighted by Crippen LogP contribution is -2.51. The monoisotopic (exact) mass is 365 g/mol. The Morgan fingerprint density at radius 1 is 1.27 bits per heavy atom. The van der Waals surface area contributed by atoms with E-state index >= 15 is 0 Å². The van der Waals surface area contributed by atoms with E-state index in [4.69, 9.17) is 18.9 Å². The molecular formula is C20H31NO5. The summed E-state index contributed by atoms with van der Waals surface area (Å²) in [6.07, 6.45) is 0.483. The maximum atomic E-state index is 12.6. The first-order chi connectivity index (χ1) is 12.1. The van der Waals surface area contributed by atoms with Crippen molar-refractivity contribution in [3.8, 4) is 5.75 Å². The fourth-order valence-electron chi connectivity index (χ4n) is 2.85. The van der Waals surface area contributed by atoms with Gasteiger partial charge >= 0.3 is 6.09 Å². The van der Waals surface area contributed by atoms with Gasteiger partial charge in [0.2, 0.25) is 0 Å². The number of amides is 1. The first-order valence-electron chi connectivity index (χ1n) is 8.99. The van der Waals surface area contributed by atoms with Crippen LogP contribution < -0.4 is 4.74 Å². The third kappa shape index (κ3) is 5.61. The Hall–Kier alpha value is -1.79. The molecule has 6 nitrogen and oxygen atoms in total. The molecule has 0 unspecified atom stereocenters. The van der Waals surface area contributed by atoms with Gasteiger partial charge in [-0.1, -0.05) is 12.1 Å². The van der Waals surface area contributed by atoms with Crippen LogP contribution in [0.2, 0.25) is 0 Å². The Morgan fingerprint density at radius 3 is 2.50 bits per heavy atom. The zero-order chi connectivity index (χ0) is 19.4. The van der Waals surface area contributed by atoms with Crippen LogP contribution in [0.15, 0.2) is 24.3 Å². The molecule has 2 rings (SSSR count). The van der Waals surface area contributed by atoms with Crippen LogP contribution in [0, 0.1) is 0 Å². The number of rotatable bonds is 6. The van der Waals surface area contributed by atoms with E-state index in [1.165, 1.54) is 5.56 Å². The van der Waals surface area contributed by atoms with Crippen molar-refractivity contribution in [3.63, 3.8) is 0 Å². The second-order valence-electron chi connectivity index (χ2n) is 7.96. The average Bonchev–Trinajstić information content (AvgIpc) is 2.85. The van der Waals surface area contributed by atoms with Gasteiger partial charge in [0, 0.05) is 7.11 Å². The zero-order valence-corrected chi connectivity index (χ0v) is 16.7. The molecule has 0 bridgehead atoms. The quantitative estimate of drug-likeness (QED) is 0.770. The van der Waals surface area contributed by atoms with Gasteiger partial charge < -0.3 is 18.9 Å². The zero-order valence-electron chi connectivity index (χ0n) is 16.7. The summed E-state index contributed by atoms with van der Waals surface area (Å²) >= 11 is 0. The molecule has 0 aliphatic carbocycles. The second-order valence-corrected chi connectivity index (χ2v) is 7.96. The van der Waals surface area contributed by atoms with E-state index in [1.54, 1.807) is 12.0 Å². The highest BCUT2D eigenvalue weighted by Gasteiger charge is 2.46. The molecule has 1 aliphatic heterocycles. The summed E-state index contributed by atoms with van der Waals surface area (Å²) in [7, 11) is 1.69. The predicted molar refractivity (Wildman–Crippen MR) is 99.4 cm³/mol. The van der Waals surface area contributed by atoms with Crippen molar-refractivity contribution in [2.75, 3.05) is 26.9 Å². The van der Waals surface area contributed by atoms with Crippen LogP contribution in [0.4, 0.5) is 4.79 Å². The van der Waals surface area contributed by atoms with Crippen LogP contribution in [0.1, 0.15) is 40.2 Å². The highest BCUT2D eigenvalue weighted by atomic mass is 16.6. The van der Waals surface area contributed by atoms with Crippen LogP contribution >= 0.6 is 0 Å². The number of benzene rings is 1. The van der Waals surface area contributed by atoms with Crippen molar-refractivity contribution in [2.24, 2.45) is 0 Å². The molecule has 1 heterocycles. The molecule has 1 aromatic carbocycles. The normalized spacial score (nSPS) is 19.5. The molecule has 0 radical (unpaired) electrons. The molecule has 1 amide bonds. The molecule has 1 fully saturated rings. The third-order valence-corrected chi connectivity index (χ3v) is 4.13. The number of carbonyl (C=O) groups excluding carboxylic acids is 1. The number of methoxy groups -OCH3 is 1. The number of hydrogen-bond acceptors (Lipinski definition) is 5. The number of carbonyl (C=O) groups is 1. The maximum absolute atomic E-state index is 12.6. The minimum atomic E-state index is -0.722. The molecule has 0 aromatic heterocycles. The Kier molecular flexibility index (Phi) is 6.53. The highest BCUT2D eigenvalue weighted by Crippen LogP contribution is 2.30. The summed E-state index contributed by atoms with van der Waals surface area (Å²) in [5.74, 6) is 0.764. The van der Waals surface area contributed by atoms with Gasteiger partial charge in [-0.05, 0) is 58.7 Å². The summed E-state index contributed by atoms with van der Waals surface area (Å²) in [6, 6.07) is 7.71. The molecule has 0 saturated carbocycles. The molecule has 0 N–H and O–H groups in total. The fourth-order valence-corrected chi connectivity index (χ4v) is 2.85. The molecule has 146 valence electrons. The number of ether oxygens (including phenoxy) is 4. The summed E-state index contributed by atoms with van der Waals surface area (Å²) in [5.41, 5.74) is -0.0838. The Labute approximate surface area is 156 Å². The van der Waals surface area contributed by atoms with Crippen molar-refractivity contribution >= 4 is 6.09 Å². The summed E-state index contributed by atoms with van der Waals surface area (Å²) < 4.78 is 22.3. The Bertz CT molecular complexity index is 591. The van der Waals surface area contributed by atoms with Gasteiger partial charge in [0.05, 0.1) is 19.3 Å². The van der Waals surface area contributed by atoms with Crippen LogP contribution in [0.25, 0.3) is 0 Å². The van der Waals surface area contributed by atoms with Gasteiger partial charge in [0.15, 0.2) is 0 Å². The second kappa shape index (κ2) is 8.27. The third-order valence-electron chi connectivity index (χ3n) is 4.13. The van der Waals surface area contributed by atoms with Gasteiger partial charge in [0.25, 0.3) is 0 Å². The van der Waals surface area contributed by atoms with E-state index in [0.29, 0.717) is 19.8 Å². The smallest absolute Gasteiger partial charge is 0.413 e. The average molecular weight is 365 g/mol. The maximum Gasteiger partial charge on any atom is 0.413 e. The minimum absolute atomic E-state index is 0.201. The van der Waals surface area contributed by atoms with Gasteiger partial charge in [-0.25, -0.2) is 4.79 Å². The highest BCUT2D eigenvalue weighted by molar-refractivity contribution is 5.69. The lowest BCUT2D eigenvalue weighted by molar-refractivity contribution is -0.0637. The molecular weight excluding hydrogens is 334 g/mol. The van der Waals surface area contributed by atoms with Crippen molar-refractivity contribution < 1.29 is 23.7 Å². The van der Waals surface area contributed by atoms with Gasteiger partial charge in [-0.15, -0.1) is 0 Å². The first-order valence-corrected chi connectivity index (χ1v) is 8.99. The molecule has 1 aliphatic rings. The molecule has 1 saturated heterocycles. The van der Waals surface area contributed by atoms with Crippen LogP contribution in [0.5, 0.6) is 5.75 Å². The predicted octanol–water partition coefficient (Wildman–Crippen LogP) is 3.63. The van der Waals surface area contributed by atoms with Crippen molar-refractivity contribution in [1.82, 2.24) is 4.90 Å². The van der Waals surface area contributed by atoms with E-state index in [9.17, 15) is 4.79 Å². The largest absolute Gasteiger partial charge is 0.491 e. The van der Waals surface area contributed by atoms with Crippen LogP contribution in [0.3, 0.4) is 0 Å². The fraction of sp³-hybridized carbons (Fsp3) is 0.650. The lowest BCUT2D eigenvalue weighted by Gasteiger charge is -2.35. The van der Waals surface area contributed by atoms with Gasteiger partial charge in [-0.3, -0.25) is 4.90 Å². The minimum Gasteiger partial charge on any atom is -0.491 e. The lowest BCUT2D eigenvalue weighted by atomic mass is 10.1. The standard InChI is InChI=1S/C20H31NO5/c1-19(2,3)26-18(22)21-16(14-25-20(21,4)5)13-24-17-9-7-15(8-10-17)11-12-23-6/h7-10,16H,11-14H2,1-6H3/t16-/m1/s1. The van der Waals surface area contributed by atoms with E-state index in [0.717, 1.165) is 12.2 Å². The van der Waals surface area contributed by atoms with Gasteiger partial charge in [-0.2, -0.15) is 0 Å². The van der Waals surface area contributed by atoms with Crippen molar-refractivity contribution in [3.05, 3.63) is 29.8 Å². The van der Waals surface area contributed by atoms with E-state index in [1.807, 2.05) is 58.9 Å². The molecule has 0 spiro atoms. The number of hydrogen-bond donors (Lipinski definition) is 0. The van der Waals surface area contributed by atoms with E-state index in [2.05, 4.69) is 0 Å². The van der Waals surface area contributed by atoms with Gasteiger partial charge in [0.1, 0.15) is 23.7 Å². The molecule has 6 heteroatoms. The van der Waals surface area contributed by atoms with Crippen molar-refractivity contribution in [2.45, 2.75) is 58.4 Å². The molecule has 1 aromatic rings. The number of nitrogens with zero attached hydrogens (tertiary/aromatic N) is 1. The molecule has 26 heavy (non-hydrogen) atoms. The van der Waals surface area contributed by atoms with Crippen LogP contribution in [-0.2, 0) is 20.6 Å². The topological polar surface area (TPSA) is 57.2 Å². The summed E-state index contributed by atoms with van der Waals surface area (Å²) in [5, 5.41) is 0. The summed E-state index contributed by atoms with van der Waals surface area (Å²) in [6.45, 7) is 10.7. The SMILES string of the molecule is COCCc1ccc(OC[C@@H]2COC(C)(C)N2C(=O)OC(C)(C)C)cc1. The molecule has 1 atom stereocenters. The Balaban J connectivity index is 1.97. The summed E-state index contributed by atoms with van der Waals surface area (Å²) in [4.78, 5) is 14.2. The van der Waals surface area contributed by atoms with Crippen LogP contribution in [-0.4, -0.2) is 55.3 Å².